The Labute approximate surface area is 198 Å². The summed E-state index contributed by atoms with van der Waals surface area (Å²) in [5, 5.41) is 2.77. The third-order valence-electron chi connectivity index (χ3n) is 5.69. The first-order chi connectivity index (χ1) is 16.3. The van der Waals surface area contributed by atoms with Crippen LogP contribution in [0.1, 0.15) is 47.7 Å². The van der Waals surface area contributed by atoms with E-state index >= 15 is 0 Å². The third kappa shape index (κ3) is 5.88. The van der Waals surface area contributed by atoms with E-state index in [2.05, 4.69) is 5.32 Å². The maximum Gasteiger partial charge on any atom is 0.336 e. The second-order valence-corrected chi connectivity index (χ2v) is 7.96. The molecule has 0 radical (unpaired) electrons. The van der Waals surface area contributed by atoms with Gasteiger partial charge in [-0.3, -0.25) is 9.59 Å². The minimum atomic E-state index is -0.601. The number of carbonyl (C=O) groups excluding carboxylic acids is 3. The Balaban J connectivity index is 1.91. The van der Waals surface area contributed by atoms with E-state index in [-0.39, 0.29) is 31.4 Å². The molecule has 0 spiro atoms. The summed E-state index contributed by atoms with van der Waals surface area (Å²) in [4.78, 5) is 39.9. The van der Waals surface area contributed by atoms with Crippen LogP contribution in [0.3, 0.4) is 0 Å². The molecule has 180 valence electrons. The van der Waals surface area contributed by atoms with Gasteiger partial charge >= 0.3 is 5.97 Å². The second-order valence-electron chi connectivity index (χ2n) is 7.96. The number of carbonyl (C=O) groups is 3. The van der Waals surface area contributed by atoms with Gasteiger partial charge in [0, 0.05) is 37.3 Å². The number of ether oxygens (including phenoxy) is 2. The molecule has 2 amide bonds. The van der Waals surface area contributed by atoms with Crippen molar-refractivity contribution < 1.29 is 28.2 Å². The highest BCUT2D eigenvalue weighted by molar-refractivity contribution is 5.96. The molecular formula is C26H29FN2O5. The number of amides is 2. The van der Waals surface area contributed by atoms with E-state index in [1.165, 1.54) is 17.0 Å². The standard InChI is InChI=1S/C26H29FN2O5/c1-4-34-26(32)24-17(2)29(23(30)15-22(24)19-8-6-10-21(27)14-19)16-18-7-5-9-20(13-18)25(31)28-11-12-33-3/h5-10,13-14,22H,4,11-12,15-16H2,1-3H3,(H,28,31). The summed E-state index contributed by atoms with van der Waals surface area (Å²) in [6, 6.07) is 12.9. The zero-order chi connectivity index (χ0) is 24.7. The van der Waals surface area contributed by atoms with Crippen molar-refractivity contribution >= 4 is 17.8 Å². The molecule has 0 saturated heterocycles. The zero-order valence-electron chi connectivity index (χ0n) is 19.6. The molecular weight excluding hydrogens is 439 g/mol. The normalized spacial score (nSPS) is 15.9. The number of hydrogen-bond acceptors (Lipinski definition) is 5. The molecule has 2 aromatic rings. The van der Waals surface area contributed by atoms with Gasteiger partial charge in [-0.1, -0.05) is 24.3 Å². The molecule has 1 N–H and O–H groups in total. The SMILES string of the molecule is CCOC(=O)C1=C(C)N(Cc2cccc(C(=O)NCCOC)c2)C(=O)CC1c1cccc(F)c1. The van der Waals surface area contributed by atoms with Crippen LogP contribution in [-0.2, 0) is 25.6 Å². The van der Waals surface area contributed by atoms with Crippen LogP contribution < -0.4 is 5.32 Å². The van der Waals surface area contributed by atoms with Crippen LogP contribution in [0.15, 0.2) is 59.8 Å². The minimum Gasteiger partial charge on any atom is -0.463 e. The molecule has 0 aromatic heterocycles. The highest BCUT2D eigenvalue weighted by atomic mass is 19.1. The van der Waals surface area contributed by atoms with Gasteiger partial charge in [-0.25, -0.2) is 9.18 Å². The molecule has 1 unspecified atom stereocenters. The molecule has 1 atom stereocenters. The lowest BCUT2D eigenvalue weighted by molar-refractivity contribution is -0.140. The third-order valence-corrected chi connectivity index (χ3v) is 5.69. The number of allylic oxidation sites excluding steroid dienone is 1. The van der Waals surface area contributed by atoms with Crippen molar-refractivity contribution in [1.29, 1.82) is 0 Å². The molecule has 0 bridgehead atoms. The van der Waals surface area contributed by atoms with Gasteiger partial charge < -0.3 is 19.7 Å². The van der Waals surface area contributed by atoms with Crippen LogP contribution in [0, 0.1) is 5.82 Å². The van der Waals surface area contributed by atoms with Crippen molar-refractivity contribution in [2.24, 2.45) is 0 Å². The van der Waals surface area contributed by atoms with Crippen molar-refractivity contribution in [2.75, 3.05) is 26.9 Å². The smallest absolute Gasteiger partial charge is 0.336 e. The van der Waals surface area contributed by atoms with E-state index in [1.54, 1.807) is 51.3 Å². The predicted molar refractivity (Wildman–Crippen MR) is 124 cm³/mol. The van der Waals surface area contributed by atoms with Gasteiger partial charge in [0.05, 0.1) is 25.3 Å². The monoisotopic (exact) mass is 468 g/mol. The van der Waals surface area contributed by atoms with Crippen LogP contribution in [0.5, 0.6) is 0 Å². The van der Waals surface area contributed by atoms with Crippen molar-refractivity contribution in [2.45, 2.75) is 32.7 Å². The number of halogens is 1. The Morgan fingerprint density at radius 3 is 2.65 bits per heavy atom. The Kier molecular flexibility index (Phi) is 8.54. The number of methoxy groups -OCH3 is 1. The lowest BCUT2D eigenvalue weighted by Crippen LogP contribution is -2.38. The molecule has 1 aliphatic heterocycles. The quantitative estimate of drug-likeness (QED) is 0.449. The average Bonchev–Trinajstić information content (AvgIpc) is 2.81. The average molecular weight is 469 g/mol. The summed E-state index contributed by atoms with van der Waals surface area (Å²) in [6.07, 6.45) is 0.00609. The van der Waals surface area contributed by atoms with Crippen molar-refractivity contribution in [1.82, 2.24) is 10.2 Å². The second kappa shape index (κ2) is 11.6. The van der Waals surface area contributed by atoms with Crippen LogP contribution in [0.25, 0.3) is 0 Å². The highest BCUT2D eigenvalue weighted by Crippen LogP contribution is 2.38. The molecule has 8 heteroatoms. The molecule has 7 nitrogen and oxygen atoms in total. The fourth-order valence-electron chi connectivity index (χ4n) is 4.05. The lowest BCUT2D eigenvalue weighted by Gasteiger charge is -2.34. The summed E-state index contributed by atoms with van der Waals surface area (Å²) in [5.41, 5.74) is 2.53. The number of benzene rings is 2. The molecule has 0 fully saturated rings. The van der Waals surface area contributed by atoms with E-state index in [1.807, 2.05) is 6.07 Å². The largest absolute Gasteiger partial charge is 0.463 e. The van der Waals surface area contributed by atoms with E-state index in [4.69, 9.17) is 9.47 Å². The van der Waals surface area contributed by atoms with Gasteiger partial charge in [-0.05, 0) is 49.2 Å². The first-order valence-corrected chi connectivity index (χ1v) is 11.2. The summed E-state index contributed by atoms with van der Waals surface area (Å²) < 4.78 is 24.1. The van der Waals surface area contributed by atoms with Crippen LogP contribution in [-0.4, -0.2) is 49.6 Å². The fraction of sp³-hybridized carbons (Fsp3) is 0.346. The van der Waals surface area contributed by atoms with E-state index < -0.39 is 17.7 Å². The fourth-order valence-corrected chi connectivity index (χ4v) is 4.05. The van der Waals surface area contributed by atoms with Crippen molar-refractivity contribution in [3.8, 4) is 0 Å². The Morgan fingerprint density at radius 1 is 1.18 bits per heavy atom. The maximum absolute atomic E-state index is 13.9. The minimum absolute atomic E-state index is 0.00609. The summed E-state index contributed by atoms with van der Waals surface area (Å²) >= 11 is 0. The summed E-state index contributed by atoms with van der Waals surface area (Å²) in [5.74, 6) is -2.01. The zero-order valence-corrected chi connectivity index (χ0v) is 19.6. The molecule has 1 aliphatic rings. The number of nitrogens with zero attached hydrogens (tertiary/aromatic N) is 1. The Morgan fingerprint density at radius 2 is 1.94 bits per heavy atom. The highest BCUT2D eigenvalue weighted by Gasteiger charge is 2.37. The van der Waals surface area contributed by atoms with Crippen LogP contribution >= 0.6 is 0 Å². The lowest BCUT2D eigenvalue weighted by atomic mass is 9.83. The van der Waals surface area contributed by atoms with Gasteiger partial charge in [0.25, 0.3) is 5.91 Å². The number of rotatable bonds is 9. The summed E-state index contributed by atoms with van der Waals surface area (Å²) in [7, 11) is 1.56. The van der Waals surface area contributed by atoms with E-state index in [0.717, 1.165) is 5.56 Å². The molecule has 2 aromatic carbocycles. The van der Waals surface area contributed by atoms with Crippen molar-refractivity contribution in [3.05, 3.63) is 82.3 Å². The van der Waals surface area contributed by atoms with Crippen LogP contribution in [0.2, 0.25) is 0 Å². The van der Waals surface area contributed by atoms with Crippen molar-refractivity contribution in [3.63, 3.8) is 0 Å². The van der Waals surface area contributed by atoms with Gasteiger partial charge in [-0.2, -0.15) is 0 Å². The predicted octanol–water partition coefficient (Wildman–Crippen LogP) is 3.56. The molecule has 3 rings (SSSR count). The maximum atomic E-state index is 13.9. The Hall–Kier alpha value is -3.52. The van der Waals surface area contributed by atoms with Gasteiger partial charge in [-0.15, -0.1) is 0 Å². The van der Waals surface area contributed by atoms with Gasteiger partial charge in [0.1, 0.15) is 5.82 Å². The molecule has 1 heterocycles. The number of hydrogen-bond donors (Lipinski definition) is 1. The topological polar surface area (TPSA) is 84.9 Å². The first kappa shape index (κ1) is 25.1. The Bertz CT molecular complexity index is 1100. The number of nitrogens with one attached hydrogen (secondary N) is 1. The first-order valence-electron chi connectivity index (χ1n) is 11.2. The van der Waals surface area contributed by atoms with Gasteiger partial charge in [0.15, 0.2) is 0 Å². The van der Waals surface area contributed by atoms with E-state index in [9.17, 15) is 18.8 Å². The molecule has 0 saturated carbocycles. The van der Waals surface area contributed by atoms with E-state index in [0.29, 0.717) is 35.5 Å². The van der Waals surface area contributed by atoms with Gasteiger partial charge in [0.2, 0.25) is 5.91 Å². The van der Waals surface area contributed by atoms with Crippen LogP contribution in [0.4, 0.5) is 4.39 Å². The number of esters is 1. The molecule has 0 aliphatic carbocycles. The molecule has 34 heavy (non-hydrogen) atoms. The summed E-state index contributed by atoms with van der Waals surface area (Å²) in [6.45, 7) is 4.55.